The van der Waals surface area contributed by atoms with Crippen molar-refractivity contribution in [1.82, 2.24) is 5.32 Å². The van der Waals surface area contributed by atoms with Crippen molar-refractivity contribution < 1.29 is 5.11 Å². The van der Waals surface area contributed by atoms with Crippen molar-refractivity contribution in [2.45, 2.75) is 33.9 Å². The molecule has 0 spiro atoms. The predicted octanol–water partition coefficient (Wildman–Crippen LogP) is 3.81. The Hall–Kier alpha value is -1.58. The molecule has 1 rings (SSSR count). The minimum Gasteiger partial charge on any atom is -0.400 e. The van der Waals surface area contributed by atoms with E-state index in [-0.39, 0.29) is 6.17 Å². The van der Waals surface area contributed by atoms with E-state index in [1.807, 2.05) is 20.9 Å². The van der Waals surface area contributed by atoms with Crippen LogP contribution < -0.4 is 10.6 Å². The fourth-order valence-corrected chi connectivity index (χ4v) is 1.49. The monoisotopic (exact) mass is 278 g/mol. The number of hydrogen-bond donors (Lipinski definition) is 3. The van der Waals surface area contributed by atoms with E-state index in [4.69, 9.17) is 5.11 Å². The zero-order valence-corrected chi connectivity index (χ0v) is 13.7. The lowest BCUT2D eigenvalue weighted by Crippen LogP contribution is -2.29. The first kappa shape index (κ1) is 20.7. The zero-order chi connectivity index (χ0) is 16.1. The molecule has 1 atom stereocenters. The third-order valence-electron chi connectivity index (χ3n) is 2.51. The quantitative estimate of drug-likeness (QED) is 0.580. The largest absolute Gasteiger partial charge is 0.400 e. The van der Waals surface area contributed by atoms with Crippen molar-refractivity contribution in [3.8, 4) is 0 Å². The molecule has 0 aliphatic rings. The molecule has 1 aromatic rings. The summed E-state index contributed by atoms with van der Waals surface area (Å²) in [6, 6.07) is 6.36. The Morgan fingerprint density at radius 3 is 2.25 bits per heavy atom. The van der Waals surface area contributed by atoms with Gasteiger partial charge in [-0.1, -0.05) is 24.3 Å². The fraction of sp³-hybridized carbons (Fsp3) is 0.412. The van der Waals surface area contributed by atoms with Gasteiger partial charge in [0.2, 0.25) is 0 Å². The first-order chi connectivity index (χ1) is 9.46. The first-order valence-corrected chi connectivity index (χ1v) is 6.68. The average molecular weight is 278 g/mol. The van der Waals surface area contributed by atoms with Crippen LogP contribution in [0.1, 0.15) is 31.9 Å². The summed E-state index contributed by atoms with van der Waals surface area (Å²) in [4.78, 5) is 0. The van der Waals surface area contributed by atoms with Gasteiger partial charge in [-0.15, -0.1) is 6.58 Å². The summed E-state index contributed by atoms with van der Waals surface area (Å²) < 4.78 is 0. The zero-order valence-electron chi connectivity index (χ0n) is 13.7. The van der Waals surface area contributed by atoms with Gasteiger partial charge in [0.1, 0.15) is 0 Å². The number of rotatable bonds is 4. The van der Waals surface area contributed by atoms with Crippen molar-refractivity contribution in [2.75, 3.05) is 19.5 Å². The molecule has 0 radical (unpaired) electrons. The SMILES string of the molecule is C=C(C)c1cc(NC(C)NC)ccc1C.C=CC.CO. The van der Waals surface area contributed by atoms with E-state index in [0.717, 1.165) is 18.4 Å². The number of aryl methyl sites for hydroxylation is 1. The van der Waals surface area contributed by atoms with Gasteiger partial charge < -0.3 is 15.7 Å². The summed E-state index contributed by atoms with van der Waals surface area (Å²) in [5.74, 6) is 0. The molecule has 114 valence electrons. The Morgan fingerprint density at radius 2 is 1.85 bits per heavy atom. The van der Waals surface area contributed by atoms with E-state index in [2.05, 4.69) is 55.8 Å². The number of benzene rings is 1. The van der Waals surface area contributed by atoms with E-state index in [1.165, 1.54) is 11.1 Å². The normalized spacial score (nSPS) is 10.2. The van der Waals surface area contributed by atoms with Crippen LogP contribution in [0.4, 0.5) is 5.69 Å². The number of hydrogen-bond acceptors (Lipinski definition) is 3. The molecule has 0 saturated carbocycles. The molecular weight excluding hydrogens is 248 g/mol. The van der Waals surface area contributed by atoms with Gasteiger partial charge in [0, 0.05) is 12.8 Å². The van der Waals surface area contributed by atoms with Crippen LogP contribution in [0.3, 0.4) is 0 Å². The highest BCUT2D eigenvalue weighted by atomic mass is 16.2. The van der Waals surface area contributed by atoms with Gasteiger partial charge in [0.25, 0.3) is 0 Å². The second-order valence-corrected chi connectivity index (χ2v) is 4.37. The summed E-state index contributed by atoms with van der Waals surface area (Å²) in [6.07, 6.45) is 2.02. The van der Waals surface area contributed by atoms with Crippen LogP contribution in [0, 0.1) is 6.92 Å². The van der Waals surface area contributed by atoms with Gasteiger partial charge in [0.15, 0.2) is 0 Å². The molecule has 3 N–H and O–H groups in total. The van der Waals surface area contributed by atoms with Crippen LogP contribution in [-0.2, 0) is 0 Å². The average Bonchev–Trinajstić information content (AvgIpc) is 2.43. The van der Waals surface area contributed by atoms with E-state index in [1.54, 1.807) is 6.08 Å². The molecule has 0 amide bonds. The van der Waals surface area contributed by atoms with Crippen LogP contribution in [0.5, 0.6) is 0 Å². The highest BCUT2D eigenvalue weighted by Crippen LogP contribution is 2.21. The molecule has 0 bridgehead atoms. The minimum atomic E-state index is 0.269. The van der Waals surface area contributed by atoms with Gasteiger partial charge in [-0.05, 0) is 58.0 Å². The standard InChI is InChI=1S/C13H20N2.C3H6.CH4O/c1-9(2)13-8-12(7-6-10(13)3)15-11(4)14-5;1-3-2;1-2/h6-8,11,14-15H,1H2,2-5H3;3H,1H2,2H3;2H,1H3. The number of nitrogens with one attached hydrogen (secondary N) is 2. The smallest absolute Gasteiger partial charge is 0.0736 e. The van der Waals surface area contributed by atoms with E-state index in [0.29, 0.717) is 0 Å². The Labute approximate surface area is 124 Å². The molecule has 0 aromatic heterocycles. The van der Waals surface area contributed by atoms with Crippen LogP contribution in [0.25, 0.3) is 5.57 Å². The Bertz CT molecular complexity index is 400. The maximum atomic E-state index is 7.00. The van der Waals surface area contributed by atoms with Gasteiger partial charge in [-0.2, -0.15) is 0 Å². The number of aliphatic hydroxyl groups excluding tert-OH is 1. The van der Waals surface area contributed by atoms with E-state index < -0.39 is 0 Å². The van der Waals surface area contributed by atoms with Crippen molar-refractivity contribution in [3.63, 3.8) is 0 Å². The maximum absolute atomic E-state index is 7.00. The maximum Gasteiger partial charge on any atom is 0.0736 e. The van der Waals surface area contributed by atoms with E-state index in [9.17, 15) is 0 Å². The van der Waals surface area contributed by atoms with Crippen molar-refractivity contribution in [1.29, 1.82) is 0 Å². The lowest BCUT2D eigenvalue weighted by Gasteiger charge is -2.16. The van der Waals surface area contributed by atoms with E-state index >= 15 is 0 Å². The van der Waals surface area contributed by atoms with Crippen LogP contribution in [-0.4, -0.2) is 25.4 Å². The second kappa shape index (κ2) is 12.5. The molecule has 1 aromatic carbocycles. The first-order valence-electron chi connectivity index (χ1n) is 6.68. The second-order valence-electron chi connectivity index (χ2n) is 4.37. The molecule has 0 aliphatic carbocycles. The predicted molar refractivity (Wildman–Crippen MR) is 92.0 cm³/mol. The van der Waals surface area contributed by atoms with Crippen LogP contribution >= 0.6 is 0 Å². The highest BCUT2D eigenvalue weighted by molar-refractivity contribution is 5.68. The Balaban J connectivity index is 0. The minimum absolute atomic E-state index is 0.269. The van der Waals surface area contributed by atoms with Crippen molar-refractivity contribution in [3.05, 3.63) is 48.6 Å². The summed E-state index contributed by atoms with van der Waals surface area (Å²) in [5, 5.41) is 13.5. The molecular formula is C17H30N2O. The Kier molecular flexibility index (Phi) is 12.9. The number of allylic oxidation sites excluding steroid dienone is 2. The van der Waals surface area contributed by atoms with Crippen molar-refractivity contribution >= 4 is 11.3 Å². The fourth-order valence-electron chi connectivity index (χ4n) is 1.49. The molecule has 0 heterocycles. The third kappa shape index (κ3) is 8.51. The molecule has 3 nitrogen and oxygen atoms in total. The highest BCUT2D eigenvalue weighted by Gasteiger charge is 2.02. The molecule has 0 aliphatic heterocycles. The third-order valence-corrected chi connectivity index (χ3v) is 2.51. The Morgan fingerprint density at radius 1 is 1.35 bits per heavy atom. The number of anilines is 1. The van der Waals surface area contributed by atoms with Crippen molar-refractivity contribution in [2.24, 2.45) is 0 Å². The van der Waals surface area contributed by atoms with Gasteiger partial charge in [0.05, 0.1) is 6.17 Å². The topological polar surface area (TPSA) is 44.3 Å². The lowest BCUT2D eigenvalue weighted by molar-refractivity contribution is 0.399. The molecule has 1 unspecified atom stereocenters. The van der Waals surface area contributed by atoms with Gasteiger partial charge in [-0.3, -0.25) is 0 Å². The molecule has 20 heavy (non-hydrogen) atoms. The molecule has 3 heteroatoms. The lowest BCUT2D eigenvalue weighted by atomic mass is 10.0. The summed E-state index contributed by atoms with van der Waals surface area (Å²) >= 11 is 0. The van der Waals surface area contributed by atoms with Crippen LogP contribution in [0.15, 0.2) is 37.4 Å². The molecule has 0 fully saturated rings. The summed E-state index contributed by atoms with van der Waals surface area (Å²) in [7, 11) is 2.94. The molecule has 0 saturated heterocycles. The summed E-state index contributed by atoms with van der Waals surface area (Å²) in [5.41, 5.74) is 4.72. The van der Waals surface area contributed by atoms with Crippen LogP contribution in [0.2, 0.25) is 0 Å². The van der Waals surface area contributed by atoms with Gasteiger partial charge in [-0.25, -0.2) is 0 Å². The summed E-state index contributed by atoms with van der Waals surface area (Å²) in [6.45, 7) is 15.5. The number of aliphatic hydroxyl groups is 1. The van der Waals surface area contributed by atoms with Gasteiger partial charge >= 0.3 is 0 Å².